The van der Waals surface area contributed by atoms with E-state index in [0.29, 0.717) is 0 Å². The van der Waals surface area contributed by atoms with Gasteiger partial charge in [0.2, 0.25) is 4.80 Å². The smallest absolute Gasteiger partial charge is 0.216 e. The van der Waals surface area contributed by atoms with Gasteiger partial charge in [-0.1, -0.05) is 17.8 Å². The molecule has 1 heterocycles. The van der Waals surface area contributed by atoms with Crippen LogP contribution in [0.25, 0.3) is 0 Å². The lowest BCUT2D eigenvalue weighted by molar-refractivity contribution is 0.166. The summed E-state index contributed by atoms with van der Waals surface area (Å²) in [6.45, 7) is 0. The summed E-state index contributed by atoms with van der Waals surface area (Å²) in [6, 6.07) is 0. The zero-order valence-corrected chi connectivity index (χ0v) is 7.65. The predicted octanol–water partition coefficient (Wildman–Crippen LogP) is 1.54. The van der Waals surface area contributed by atoms with Crippen LogP contribution in [0.4, 0.5) is 0 Å². The molecule has 0 atom stereocenters. The highest BCUT2D eigenvalue weighted by Crippen LogP contribution is 2.21. The molecular formula is C8H12N2OS. The zero-order valence-electron chi connectivity index (χ0n) is 6.84. The molecule has 0 aliphatic heterocycles. The molecule has 0 saturated heterocycles. The monoisotopic (exact) mass is 184 g/mol. The number of thiazole rings is 1. The standard InChI is InChI=1S/C8H12N2OS/c9-8-10(11)6-4-2-1-3-5-7(6)12-8/h9,11H,1-5H2. The second-order valence-corrected chi connectivity index (χ2v) is 4.23. The molecule has 2 rings (SSSR count). The van der Waals surface area contributed by atoms with E-state index < -0.39 is 0 Å². The highest BCUT2D eigenvalue weighted by atomic mass is 32.1. The van der Waals surface area contributed by atoms with Crippen molar-refractivity contribution in [1.82, 2.24) is 4.73 Å². The molecule has 0 bridgehead atoms. The fourth-order valence-electron chi connectivity index (χ4n) is 1.65. The lowest BCUT2D eigenvalue weighted by atomic mass is 10.2. The van der Waals surface area contributed by atoms with E-state index in [-0.39, 0.29) is 4.80 Å². The first-order valence-electron chi connectivity index (χ1n) is 4.26. The Morgan fingerprint density at radius 3 is 2.83 bits per heavy atom. The first-order chi connectivity index (χ1) is 5.79. The number of rotatable bonds is 0. The van der Waals surface area contributed by atoms with Gasteiger partial charge in [0.05, 0.1) is 5.69 Å². The van der Waals surface area contributed by atoms with Crippen LogP contribution in [0, 0.1) is 5.41 Å². The topological polar surface area (TPSA) is 49.0 Å². The van der Waals surface area contributed by atoms with Crippen LogP contribution in [0.3, 0.4) is 0 Å². The highest BCUT2D eigenvalue weighted by molar-refractivity contribution is 7.09. The largest absolute Gasteiger partial charge is 0.426 e. The van der Waals surface area contributed by atoms with Crippen LogP contribution < -0.4 is 4.80 Å². The summed E-state index contributed by atoms with van der Waals surface area (Å²) in [4.78, 5) is 1.47. The SMILES string of the molecule is N=c1sc2c(n1O)CCCCC2. The predicted molar refractivity (Wildman–Crippen MR) is 46.6 cm³/mol. The molecule has 0 spiro atoms. The molecule has 12 heavy (non-hydrogen) atoms. The molecule has 1 aliphatic carbocycles. The van der Waals surface area contributed by atoms with Crippen molar-refractivity contribution in [2.24, 2.45) is 0 Å². The molecule has 2 N–H and O–H groups in total. The van der Waals surface area contributed by atoms with Gasteiger partial charge in [0.15, 0.2) is 0 Å². The summed E-state index contributed by atoms with van der Waals surface area (Å²) < 4.78 is 1.05. The molecule has 66 valence electrons. The molecule has 3 nitrogen and oxygen atoms in total. The molecule has 1 aromatic rings. The van der Waals surface area contributed by atoms with E-state index in [2.05, 4.69) is 0 Å². The van der Waals surface area contributed by atoms with Gasteiger partial charge in [-0.25, -0.2) is 0 Å². The average molecular weight is 184 g/mol. The van der Waals surface area contributed by atoms with Crippen molar-refractivity contribution in [1.29, 1.82) is 5.41 Å². The lowest BCUT2D eigenvalue weighted by Gasteiger charge is -1.98. The fourth-order valence-corrected chi connectivity index (χ4v) is 2.64. The summed E-state index contributed by atoms with van der Waals surface area (Å²) in [5.74, 6) is 0. The maximum atomic E-state index is 9.45. The number of aryl methyl sites for hydroxylation is 1. The molecule has 0 saturated carbocycles. The van der Waals surface area contributed by atoms with E-state index in [1.165, 1.54) is 29.1 Å². The maximum Gasteiger partial charge on any atom is 0.216 e. The van der Waals surface area contributed by atoms with Gasteiger partial charge in [0, 0.05) is 4.88 Å². The normalized spacial score (nSPS) is 17.0. The Morgan fingerprint density at radius 2 is 2.00 bits per heavy atom. The number of hydrogen-bond donors (Lipinski definition) is 2. The summed E-state index contributed by atoms with van der Waals surface area (Å²) in [7, 11) is 0. The van der Waals surface area contributed by atoms with Crippen molar-refractivity contribution in [2.45, 2.75) is 32.1 Å². The average Bonchev–Trinajstić information content (AvgIpc) is 2.30. The Morgan fingerprint density at radius 1 is 1.25 bits per heavy atom. The fraction of sp³-hybridized carbons (Fsp3) is 0.625. The van der Waals surface area contributed by atoms with Gasteiger partial charge in [-0.05, 0) is 25.7 Å². The van der Waals surface area contributed by atoms with Crippen LogP contribution in [0.2, 0.25) is 0 Å². The number of hydrogen-bond acceptors (Lipinski definition) is 3. The van der Waals surface area contributed by atoms with Crippen LogP contribution in [0.1, 0.15) is 29.8 Å². The molecule has 0 fully saturated rings. The third kappa shape index (κ3) is 1.16. The van der Waals surface area contributed by atoms with E-state index in [4.69, 9.17) is 5.41 Å². The van der Waals surface area contributed by atoms with Crippen LogP contribution in [0.5, 0.6) is 0 Å². The van der Waals surface area contributed by atoms with Crippen molar-refractivity contribution in [2.75, 3.05) is 0 Å². The van der Waals surface area contributed by atoms with Crippen LogP contribution in [0.15, 0.2) is 0 Å². The molecule has 0 unspecified atom stereocenters. The molecule has 4 heteroatoms. The number of nitrogens with zero attached hydrogens (tertiary/aromatic N) is 1. The Balaban J connectivity index is 2.49. The third-order valence-corrected chi connectivity index (χ3v) is 3.36. The van der Waals surface area contributed by atoms with Gasteiger partial charge in [-0.2, -0.15) is 4.73 Å². The van der Waals surface area contributed by atoms with Crippen molar-refractivity contribution >= 4 is 11.3 Å². The first kappa shape index (κ1) is 7.86. The maximum absolute atomic E-state index is 9.45. The van der Waals surface area contributed by atoms with Gasteiger partial charge < -0.3 is 5.21 Å². The second-order valence-electron chi connectivity index (χ2n) is 3.15. The van der Waals surface area contributed by atoms with Crippen LogP contribution >= 0.6 is 11.3 Å². The second kappa shape index (κ2) is 2.94. The summed E-state index contributed by atoms with van der Waals surface area (Å²) in [6.07, 6.45) is 5.56. The van der Waals surface area contributed by atoms with Crippen molar-refractivity contribution in [3.8, 4) is 0 Å². The van der Waals surface area contributed by atoms with Gasteiger partial charge in [0.1, 0.15) is 0 Å². The number of aromatic nitrogens is 1. The minimum Gasteiger partial charge on any atom is -0.426 e. The van der Waals surface area contributed by atoms with Gasteiger partial charge >= 0.3 is 0 Å². The number of nitrogens with one attached hydrogen (secondary N) is 1. The minimum absolute atomic E-state index is 0.266. The van der Waals surface area contributed by atoms with Crippen molar-refractivity contribution in [3.05, 3.63) is 15.4 Å². The first-order valence-corrected chi connectivity index (χ1v) is 5.08. The summed E-state index contributed by atoms with van der Waals surface area (Å²) >= 11 is 1.41. The highest BCUT2D eigenvalue weighted by Gasteiger charge is 2.14. The molecule has 0 amide bonds. The van der Waals surface area contributed by atoms with Gasteiger partial charge in [0.25, 0.3) is 0 Å². The quantitative estimate of drug-likeness (QED) is 0.466. The van der Waals surface area contributed by atoms with Gasteiger partial charge in [-0.3, -0.25) is 5.41 Å². The van der Waals surface area contributed by atoms with E-state index >= 15 is 0 Å². The molecule has 0 aromatic carbocycles. The van der Waals surface area contributed by atoms with E-state index in [1.807, 2.05) is 0 Å². The molecule has 1 aliphatic rings. The van der Waals surface area contributed by atoms with E-state index in [0.717, 1.165) is 29.7 Å². The molecule has 0 radical (unpaired) electrons. The summed E-state index contributed by atoms with van der Waals surface area (Å²) in [5, 5.41) is 16.9. The lowest BCUT2D eigenvalue weighted by Crippen LogP contribution is -2.12. The van der Waals surface area contributed by atoms with Crippen molar-refractivity contribution < 1.29 is 5.21 Å². The van der Waals surface area contributed by atoms with Gasteiger partial charge in [-0.15, -0.1) is 0 Å². The molecular weight excluding hydrogens is 172 g/mol. The Hall–Kier alpha value is -0.770. The third-order valence-electron chi connectivity index (χ3n) is 2.31. The Bertz CT molecular complexity index is 339. The number of fused-ring (bicyclic) bond motifs is 1. The van der Waals surface area contributed by atoms with Crippen LogP contribution in [-0.2, 0) is 12.8 Å². The Kier molecular flexibility index (Phi) is 1.92. The zero-order chi connectivity index (χ0) is 8.55. The summed E-state index contributed by atoms with van der Waals surface area (Å²) in [5.41, 5.74) is 0.975. The molecule has 1 aromatic heterocycles. The van der Waals surface area contributed by atoms with Crippen molar-refractivity contribution in [3.63, 3.8) is 0 Å². The van der Waals surface area contributed by atoms with E-state index in [9.17, 15) is 5.21 Å². The minimum atomic E-state index is 0.266. The van der Waals surface area contributed by atoms with E-state index in [1.54, 1.807) is 0 Å². The Labute approximate surface area is 74.8 Å². The van der Waals surface area contributed by atoms with Crippen LogP contribution in [-0.4, -0.2) is 9.94 Å².